The van der Waals surface area contributed by atoms with Crippen LogP contribution in [0.4, 0.5) is 0 Å². The molecule has 0 heterocycles. The summed E-state index contributed by atoms with van der Waals surface area (Å²) in [6.07, 6.45) is 5.92. The summed E-state index contributed by atoms with van der Waals surface area (Å²) in [5.41, 5.74) is 0. The largest absolute Gasteiger partial charge is 0.414 e. The first kappa shape index (κ1) is 18.6. The molecule has 0 aromatic rings. The van der Waals surface area contributed by atoms with Gasteiger partial charge in [-0.15, -0.1) is 0 Å². The lowest BCUT2D eigenvalue weighted by molar-refractivity contribution is -0.125. The zero-order valence-corrected chi connectivity index (χ0v) is 17.9. The molecule has 3 rings (SSSR count). The van der Waals surface area contributed by atoms with Gasteiger partial charge in [-0.1, -0.05) is 41.0 Å². The van der Waals surface area contributed by atoms with Gasteiger partial charge in [0.15, 0.2) is 8.32 Å². The molecule has 138 valence electrons. The van der Waals surface area contributed by atoms with Crippen LogP contribution in [0, 0.1) is 35.5 Å². The van der Waals surface area contributed by atoms with Crippen molar-refractivity contribution in [2.75, 3.05) is 0 Å². The number of rotatable bonds is 3. The molecule has 0 saturated heterocycles. The van der Waals surface area contributed by atoms with Gasteiger partial charge < -0.3 is 4.43 Å². The molecule has 3 fully saturated rings. The van der Waals surface area contributed by atoms with E-state index in [9.17, 15) is 4.79 Å². The number of hydrogen-bond acceptors (Lipinski definition) is 2. The molecule has 0 unspecified atom stereocenters. The lowest BCUT2D eigenvalue weighted by Gasteiger charge is -2.48. The van der Waals surface area contributed by atoms with Crippen molar-refractivity contribution < 1.29 is 9.22 Å². The van der Waals surface area contributed by atoms with Crippen molar-refractivity contribution in [2.24, 2.45) is 35.5 Å². The van der Waals surface area contributed by atoms with Gasteiger partial charge in [0, 0.05) is 18.4 Å². The highest BCUT2D eigenvalue weighted by atomic mass is 28.4. The minimum absolute atomic E-state index is 0.241. The highest BCUT2D eigenvalue weighted by Crippen LogP contribution is 2.58. The van der Waals surface area contributed by atoms with E-state index in [0.717, 1.165) is 37.0 Å². The topological polar surface area (TPSA) is 26.3 Å². The summed E-state index contributed by atoms with van der Waals surface area (Å²) in [5.74, 6) is 4.54. The van der Waals surface area contributed by atoms with Crippen LogP contribution in [0.2, 0.25) is 18.1 Å². The fourth-order valence-corrected chi connectivity index (χ4v) is 7.35. The molecule has 0 bridgehead atoms. The van der Waals surface area contributed by atoms with E-state index in [4.69, 9.17) is 4.43 Å². The molecule has 3 aliphatic carbocycles. The van der Waals surface area contributed by atoms with Crippen LogP contribution >= 0.6 is 0 Å². The van der Waals surface area contributed by atoms with Crippen LogP contribution in [-0.2, 0) is 9.22 Å². The van der Waals surface area contributed by atoms with Crippen LogP contribution in [0.5, 0.6) is 0 Å². The third kappa shape index (κ3) is 2.94. The summed E-state index contributed by atoms with van der Waals surface area (Å²) in [6, 6.07) is 0. The smallest absolute Gasteiger partial charge is 0.192 e. The van der Waals surface area contributed by atoms with Gasteiger partial charge in [-0.05, 0) is 67.0 Å². The predicted molar refractivity (Wildman–Crippen MR) is 102 cm³/mol. The molecule has 0 aromatic carbocycles. The standard InChI is InChI=1S/C21H38O2Si/c1-8-14-13(2)11-17-15-9-10-18(22)16(15)12-19(20(14)17)23-24(6,7)21(3,4)5/h13-17,19-20H,8-12H2,1-7H3/t13-,14-,15-,16-,17-,19-,20+/m1/s1. The molecule has 3 saturated carbocycles. The van der Waals surface area contributed by atoms with Gasteiger partial charge in [0.25, 0.3) is 0 Å². The summed E-state index contributed by atoms with van der Waals surface area (Å²) in [7, 11) is -1.79. The number of fused-ring (bicyclic) bond motifs is 3. The molecule has 24 heavy (non-hydrogen) atoms. The average molecular weight is 351 g/mol. The molecule has 0 amide bonds. The fraction of sp³-hybridized carbons (Fsp3) is 0.952. The van der Waals surface area contributed by atoms with Crippen molar-refractivity contribution in [3.8, 4) is 0 Å². The number of carbonyl (C=O) groups is 1. The molecule has 0 radical (unpaired) electrons. The zero-order chi connectivity index (χ0) is 17.9. The van der Waals surface area contributed by atoms with Gasteiger partial charge in [-0.25, -0.2) is 0 Å². The van der Waals surface area contributed by atoms with Crippen molar-refractivity contribution in [1.29, 1.82) is 0 Å². The molecule has 0 aromatic heterocycles. The highest BCUT2D eigenvalue weighted by Gasteiger charge is 2.57. The van der Waals surface area contributed by atoms with E-state index in [-0.39, 0.29) is 5.04 Å². The minimum atomic E-state index is -1.79. The van der Waals surface area contributed by atoms with Gasteiger partial charge in [-0.2, -0.15) is 0 Å². The third-order valence-electron chi connectivity index (χ3n) is 8.21. The van der Waals surface area contributed by atoms with E-state index in [1.165, 1.54) is 12.8 Å². The van der Waals surface area contributed by atoms with Crippen molar-refractivity contribution in [3.05, 3.63) is 0 Å². The Kier molecular flexibility index (Phi) is 4.83. The second-order valence-corrected chi connectivity index (χ2v) is 15.2. The third-order valence-corrected chi connectivity index (χ3v) is 12.7. The SMILES string of the molecule is CC[C@H]1[C@H]2[C@H](C[C@H]1C)[C@@H]1CCC(=O)[C@@H]1C[C@H]2O[Si](C)(C)C(C)(C)C. The lowest BCUT2D eigenvalue weighted by atomic mass is 9.65. The Balaban J connectivity index is 1.90. The number of ketones is 1. The molecule has 0 spiro atoms. The van der Waals surface area contributed by atoms with E-state index in [1.807, 2.05) is 0 Å². The Bertz CT molecular complexity index is 493. The lowest BCUT2D eigenvalue weighted by Crippen LogP contribution is -2.51. The van der Waals surface area contributed by atoms with Gasteiger partial charge in [0.05, 0.1) is 0 Å². The molecule has 0 N–H and O–H groups in total. The summed E-state index contributed by atoms with van der Waals surface area (Å²) < 4.78 is 6.98. The van der Waals surface area contributed by atoms with Gasteiger partial charge in [-0.3, -0.25) is 4.79 Å². The quantitative estimate of drug-likeness (QED) is 0.613. The first-order valence-electron chi connectivity index (χ1n) is 10.3. The maximum Gasteiger partial charge on any atom is 0.192 e. The van der Waals surface area contributed by atoms with Crippen LogP contribution in [0.25, 0.3) is 0 Å². The van der Waals surface area contributed by atoms with Gasteiger partial charge in [0.2, 0.25) is 0 Å². The maximum absolute atomic E-state index is 12.5. The normalized spacial score (nSPS) is 43.0. The van der Waals surface area contributed by atoms with Crippen LogP contribution in [0.1, 0.15) is 66.7 Å². The van der Waals surface area contributed by atoms with Crippen LogP contribution < -0.4 is 0 Å². The fourth-order valence-electron chi connectivity index (χ4n) is 5.99. The second-order valence-electron chi connectivity index (χ2n) is 10.5. The van der Waals surface area contributed by atoms with E-state index in [2.05, 4.69) is 47.7 Å². The molecule has 0 aliphatic heterocycles. The first-order valence-corrected chi connectivity index (χ1v) is 13.2. The second kappa shape index (κ2) is 6.23. The summed E-state index contributed by atoms with van der Waals surface area (Å²) in [4.78, 5) is 12.5. The Morgan fingerprint density at radius 2 is 1.83 bits per heavy atom. The Labute approximate surface area is 150 Å². The average Bonchev–Trinajstić information content (AvgIpc) is 2.98. The summed E-state index contributed by atoms with van der Waals surface area (Å²) >= 11 is 0. The Hall–Kier alpha value is -0.153. The van der Waals surface area contributed by atoms with Crippen molar-refractivity contribution >= 4 is 14.1 Å². The highest BCUT2D eigenvalue weighted by molar-refractivity contribution is 6.74. The van der Waals surface area contributed by atoms with Crippen molar-refractivity contribution in [2.45, 2.75) is 91.0 Å². The van der Waals surface area contributed by atoms with Crippen LogP contribution in [0.15, 0.2) is 0 Å². The molecule has 3 heteroatoms. The zero-order valence-electron chi connectivity index (χ0n) is 16.9. The molecular formula is C21H38O2Si. The van der Waals surface area contributed by atoms with E-state index in [1.54, 1.807) is 0 Å². The maximum atomic E-state index is 12.5. The van der Waals surface area contributed by atoms with Crippen molar-refractivity contribution in [3.63, 3.8) is 0 Å². The van der Waals surface area contributed by atoms with Crippen LogP contribution in [-0.4, -0.2) is 20.2 Å². The predicted octanol–water partition coefficient (Wildman–Crippen LogP) is 5.67. The van der Waals surface area contributed by atoms with Crippen molar-refractivity contribution in [1.82, 2.24) is 0 Å². The molecular weight excluding hydrogens is 312 g/mol. The van der Waals surface area contributed by atoms with E-state index in [0.29, 0.717) is 29.6 Å². The summed E-state index contributed by atoms with van der Waals surface area (Å²) in [5, 5.41) is 0.241. The van der Waals surface area contributed by atoms with E-state index >= 15 is 0 Å². The van der Waals surface area contributed by atoms with E-state index < -0.39 is 8.32 Å². The van der Waals surface area contributed by atoms with Gasteiger partial charge >= 0.3 is 0 Å². The molecule has 7 atom stereocenters. The Morgan fingerprint density at radius 1 is 1.17 bits per heavy atom. The first-order chi connectivity index (χ1) is 11.1. The van der Waals surface area contributed by atoms with Crippen LogP contribution in [0.3, 0.4) is 0 Å². The number of carbonyl (C=O) groups excluding carboxylic acids is 1. The number of hydrogen-bond donors (Lipinski definition) is 0. The number of Topliss-reactive ketones (excluding diaryl/α,β-unsaturated/α-hetero) is 1. The monoisotopic (exact) mass is 350 g/mol. The molecule has 3 aliphatic rings. The van der Waals surface area contributed by atoms with Gasteiger partial charge in [0.1, 0.15) is 5.78 Å². The summed E-state index contributed by atoms with van der Waals surface area (Å²) in [6.45, 7) is 16.6. The minimum Gasteiger partial charge on any atom is -0.414 e. The Morgan fingerprint density at radius 3 is 2.42 bits per heavy atom. The molecule has 2 nitrogen and oxygen atoms in total.